The molecule has 27 heavy (non-hydrogen) atoms. The average molecular weight is 395 g/mol. The van der Waals surface area contributed by atoms with Gasteiger partial charge >= 0.3 is 0 Å². The van der Waals surface area contributed by atoms with Crippen molar-refractivity contribution < 1.29 is 13.2 Å². The van der Waals surface area contributed by atoms with Crippen LogP contribution < -0.4 is 14.9 Å². The summed E-state index contributed by atoms with van der Waals surface area (Å²) in [5.74, 6) is 0.888. The molecule has 0 spiro atoms. The minimum Gasteiger partial charge on any atom is -0.367 e. The lowest BCUT2D eigenvalue weighted by Gasteiger charge is -2.37. The third kappa shape index (κ3) is 5.00. The summed E-state index contributed by atoms with van der Waals surface area (Å²) in [6.45, 7) is 4.70. The molecule has 0 aromatic heterocycles. The summed E-state index contributed by atoms with van der Waals surface area (Å²) >= 11 is 0. The first-order chi connectivity index (χ1) is 13.0. The number of hydrogen-bond donors (Lipinski definition) is 2. The number of carbonyl (C=O) groups is 1. The van der Waals surface area contributed by atoms with Crippen LogP contribution in [0, 0.1) is 5.92 Å². The topological polar surface area (TPSA) is 81.8 Å². The highest BCUT2D eigenvalue weighted by atomic mass is 32.2. The van der Waals surface area contributed by atoms with Gasteiger partial charge in [0.1, 0.15) is 4.90 Å². The molecule has 2 aliphatic heterocycles. The molecule has 1 amide bonds. The van der Waals surface area contributed by atoms with Gasteiger partial charge < -0.3 is 15.1 Å². The largest absolute Gasteiger partial charge is 0.367 e. The Labute approximate surface area is 162 Å². The van der Waals surface area contributed by atoms with Gasteiger partial charge in [0.05, 0.1) is 5.69 Å². The van der Waals surface area contributed by atoms with Crippen LogP contribution in [0.25, 0.3) is 0 Å². The highest BCUT2D eigenvalue weighted by molar-refractivity contribution is 7.89. The van der Waals surface area contributed by atoms with Crippen LogP contribution in [0.2, 0.25) is 0 Å². The smallest absolute Gasteiger partial charge is 0.242 e. The van der Waals surface area contributed by atoms with E-state index in [0.717, 1.165) is 32.4 Å². The van der Waals surface area contributed by atoms with Gasteiger partial charge in [0.2, 0.25) is 15.9 Å². The molecule has 0 unspecified atom stereocenters. The SMILES string of the molecule is CNS(=O)(=O)c1ccccc1N1CCN(C(=O)CCC2CCNCC2)CC1. The van der Waals surface area contributed by atoms with Crippen LogP contribution in [0.15, 0.2) is 29.2 Å². The van der Waals surface area contributed by atoms with Gasteiger partial charge in [-0.2, -0.15) is 0 Å². The molecule has 2 heterocycles. The number of piperazine rings is 1. The highest BCUT2D eigenvalue weighted by Crippen LogP contribution is 2.26. The first kappa shape index (κ1) is 20.1. The number of anilines is 1. The second-order valence-corrected chi connectivity index (χ2v) is 9.13. The lowest BCUT2D eigenvalue weighted by atomic mass is 9.93. The number of rotatable bonds is 6. The Morgan fingerprint density at radius 2 is 1.81 bits per heavy atom. The fraction of sp³-hybridized carbons (Fsp3) is 0.632. The predicted octanol–water partition coefficient (Wildman–Crippen LogP) is 1.02. The molecule has 8 heteroatoms. The Kier molecular flexibility index (Phi) is 6.73. The zero-order valence-corrected chi connectivity index (χ0v) is 16.8. The predicted molar refractivity (Wildman–Crippen MR) is 106 cm³/mol. The summed E-state index contributed by atoms with van der Waals surface area (Å²) in [7, 11) is -2.08. The number of amides is 1. The summed E-state index contributed by atoms with van der Waals surface area (Å²) in [5, 5.41) is 3.36. The van der Waals surface area contributed by atoms with Crippen molar-refractivity contribution in [1.29, 1.82) is 0 Å². The number of piperidine rings is 1. The number of nitrogens with zero attached hydrogens (tertiary/aromatic N) is 2. The fourth-order valence-electron chi connectivity index (χ4n) is 3.91. The minimum atomic E-state index is -3.51. The van der Waals surface area contributed by atoms with Gasteiger partial charge in [-0.1, -0.05) is 12.1 Å². The Bertz CT molecular complexity index is 739. The van der Waals surface area contributed by atoms with Crippen molar-refractivity contribution in [3.63, 3.8) is 0 Å². The van der Waals surface area contributed by atoms with Crippen LogP contribution in [-0.4, -0.2) is 65.5 Å². The van der Waals surface area contributed by atoms with E-state index < -0.39 is 10.0 Å². The molecule has 0 aliphatic carbocycles. The molecule has 2 saturated heterocycles. The molecule has 2 N–H and O–H groups in total. The Morgan fingerprint density at radius 3 is 2.48 bits per heavy atom. The van der Waals surface area contributed by atoms with E-state index >= 15 is 0 Å². The lowest BCUT2D eigenvalue weighted by Crippen LogP contribution is -2.49. The Hall–Kier alpha value is -1.64. The molecular weight excluding hydrogens is 364 g/mol. The molecule has 1 aromatic rings. The first-order valence-electron chi connectivity index (χ1n) is 9.77. The molecule has 0 radical (unpaired) electrons. The van der Waals surface area contributed by atoms with E-state index in [1.807, 2.05) is 17.0 Å². The maximum Gasteiger partial charge on any atom is 0.242 e. The van der Waals surface area contributed by atoms with Crippen molar-refractivity contribution in [3.8, 4) is 0 Å². The van der Waals surface area contributed by atoms with Gasteiger partial charge in [-0.25, -0.2) is 13.1 Å². The van der Waals surface area contributed by atoms with E-state index in [2.05, 4.69) is 14.9 Å². The van der Waals surface area contributed by atoms with Gasteiger partial charge in [-0.05, 0) is 57.5 Å². The standard InChI is InChI=1S/C19H30N4O3S/c1-20-27(25,26)18-5-3-2-4-17(18)22-12-14-23(15-13-22)19(24)7-6-16-8-10-21-11-9-16/h2-5,16,20-21H,6-15H2,1H3. The van der Waals surface area contributed by atoms with Crippen LogP contribution in [0.4, 0.5) is 5.69 Å². The van der Waals surface area contributed by atoms with Crippen molar-refractivity contribution >= 4 is 21.6 Å². The average Bonchev–Trinajstić information content (AvgIpc) is 2.73. The molecule has 0 atom stereocenters. The highest BCUT2D eigenvalue weighted by Gasteiger charge is 2.26. The second kappa shape index (κ2) is 9.03. The molecular formula is C19H30N4O3S. The van der Waals surface area contributed by atoms with E-state index in [9.17, 15) is 13.2 Å². The lowest BCUT2D eigenvalue weighted by molar-refractivity contribution is -0.131. The summed E-state index contributed by atoms with van der Waals surface area (Å²) in [6.07, 6.45) is 3.93. The summed E-state index contributed by atoms with van der Waals surface area (Å²) in [4.78, 5) is 16.8. The monoisotopic (exact) mass is 394 g/mol. The molecule has 150 valence electrons. The van der Waals surface area contributed by atoms with E-state index in [0.29, 0.717) is 44.2 Å². The number of para-hydroxylation sites is 1. The number of carbonyl (C=O) groups excluding carboxylic acids is 1. The number of sulfonamides is 1. The van der Waals surface area contributed by atoms with Gasteiger partial charge in [-0.3, -0.25) is 4.79 Å². The van der Waals surface area contributed by atoms with Gasteiger partial charge in [0, 0.05) is 32.6 Å². The Morgan fingerprint density at radius 1 is 1.15 bits per heavy atom. The zero-order valence-electron chi connectivity index (χ0n) is 16.0. The fourth-order valence-corrected chi connectivity index (χ4v) is 4.86. The van der Waals surface area contributed by atoms with Gasteiger partial charge in [-0.15, -0.1) is 0 Å². The quantitative estimate of drug-likeness (QED) is 0.753. The molecule has 2 fully saturated rings. The van der Waals surface area contributed by atoms with Gasteiger partial charge in [0.25, 0.3) is 0 Å². The summed E-state index contributed by atoms with van der Waals surface area (Å²) in [6, 6.07) is 7.03. The van der Waals surface area contributed by atoms with E-state index in [4.69, 9.17) is 0 Å². The first-order valence-corrected chi connectivity index (χ1v) is 11.3. The maximum absolute atomic E-state index is 12.5. The maximum atomic E-state index is 12.5. The van der Waals surface area contributed by atoms with Crippen molar-refractivity contribution in [3.05, 3.63) is 24.3 Å². The number of nitrogens with one attached hydrogen (secondary N) is 2. The van der Waals surface area contributed by atoms with Crippen LogP contribution in [-0.2, 0) is 14.8 Å². The van der Waals surface area contributed by atoms with E-state index in [1.165, 1.54) is 7.05 Å². The molecule has 3 rings (SSSR count). The second-order valence-electron chi connectivity index (χ2n) is 7.28. The molecule has 1 aromatic carbocycles. The Balaban J connectivity index is 1.55. The van der Waals surface area contributed by atoms with Crippen molar-refractivity contribution in [2.24, 2.45) is 5.92 Å². The number of hydrogen-bond acceptors (Lipinski definition) is 5. The summed E-state index contributed by atoms with van der Waals surface area (Å²) < 4.78 is 26.9. The van der Waals surface area contributed by atoms with Crippen molar-refractivity contribution in [1.82, 2.24) is 14.9 Å². The summed E-state index contributed by atoms with van der Waals surface area (Å²) in [5.41, 5.74) is 0.702. The van der Waals surface area contributed by atoms with Gasteiger partial charge in [0.15, 0.2) is 0 Å². The molecule has 2 aliphatic rings. The van der Waals surface area contributed by atoms with E-state index in [1.54, 1.807) is 12.1 Å². The zero-order chi connectivity index (χ0) is 19.3. The normalized spacial score (nSPS) is 19.3. The third-order valence-electron chi connectivity index (χ3n) is 5.62. The molecule has 0 bridgehead atoms. The van der Waals surface area contributed by atoms with Crippen LogP contribution >= 0.6 is 0 Å². The number of benzene rings is 1. The molecule has 0 saturated carbocycles. The van der Waals surface area contributed by atoms with E-state index in [-0.39, 0.29) is 10.8 Å². The van der Waals surface area contributed by atoms with Crippen molar-refractivity contribution in [2.75, 3.05) is 51.2 Å². The van der Waals surface area contributed by atoms with Crippen LogP contribution in [0.3, 0.4) is 0 Å². The third-order valence-corrected chi connectivity index (χ3v) is 7.08. The van der Waals surface area contributed by atoms with Crippen LogP contribution in [0.1, 0.15) is 25.7 Å². The van der Waals surface area contributed by atoms with Crippen molar-refractivity contribution in [2.45, 2.75) is 30.6 Å². The van der Waals surface area contributed by atoms with Crippen LogP contribution in [0.5, 0.6) is 0 Å². The minimum absolute atomic E-state index is 0.226. The molecule has 7 nitrogen and oxygen atoms in total.